The van der Waals surface area contributed by atoms with Crippen LogP contribution in [0.3, 0.4) is 0 Å². The molecule has 1 amide bonds. The van der Waals surface area contributed by atoms with Gasteiger partial charge in [-0.3, -0.25) is 14.5 Å². The van der Waals surface area contributed by atoms with E-state index in [1.165, 1.54) is 0 Å². The number of methoxy groups -OCH3 is 1. The molecule has 1 fully saturated rings. The smallest absolute Gasteiger partial charge is 0.257 e. The van der Waals surface area contributed by atoms with E-state index in [2.05, 4.69) is 16.3 Å². The Kier molecular flexibility index (Phi) is 7.85. The fourth-order valence-corrected chi connectivity index (χ4v) is 3.80. The highest BCUT2D eigenvalue weighted by atomic mass is 16.5. The third kappa shape index (κ3) is 6.32. The average Bonchev–Trinajstić information content (AvgIpc) is 2.77. The Morgan fingerprint density at radius 1 is 1.13 bits per heavy atom. The molecule has 6 nitrogen and oxygen atoms in total. The number of likely N-dealkylation sites (tertiary alicyclic amines) is 1. The lowest BCUT2D eigenvalue weighted by Gasteiger charge is -2.33. The van der Waals surface area contributed by atoms with Crippen LogP contribution in [0.15, 0.2) is 48.5 Å². The minimum absolute atomic E-state index is 0.0331. The standard InChI is InChI=1S/C24H30N2O4/c1-18(27)21-9-5-7-19(13-21)15-26-12-6-8-20(16-26)14-25-24(28)17-30-23-11-4-3-10-22(23)29-2/h3-5,7,9-11,13,20H,6,8,12,14-17H2,1-2H3,(H,25,28). The number of ketones is 1. The molecule has 30 heavy (non-hydrogen) atoms. The van der Waals surface area contributed by atoms with Crippen molar-refractivity contribution in [2.75, 3.05) is 33.4 Å². The summed E-state index contributed by atoms with van der Waals surface area (Å²) < 4.78 is 10.8. The molecule has 0 spiro atoms. The van der Waals surface area contributed by atoms with Gasteiger partial charge in [-0.15, -0.1) is 0 Å². The summed E-state index contributed by atoms with van der Waals surface area (Å²) in [7, 11) is 1.58. The van der Waals surface area contributed by atoms with Crippen LogP contribution in [0.5, 0.6) is 11.5 Å². The number of piperidine rings is 1. The lowest BCUT2D eigenvalue weighted by molar-refractivity contribution is -0.123. The summed E-state index contributed by atoms with van der Waals surface area (Å²) in [5, 5.41) is 2.99. The van der Waals surface area contributed by atoms with Crippen molar-refractivity contribution in [2.45, 2.75) is 26.3 Å². The molecule has 1 heterocycles. The third-order valence-corrected chi connectivity index (χ3v) is 5.36. The summed E-state index contributed by atoms with van der Waals surface area (Å²) >= 11 is 0. The van der Waals surface area contributed by atoms with E-state index in [1.54, 1.807) is 26.2 Å². The Labute approximate surface area is 178 Å². The van der Waals surface area contributed by atoms with Gasteiger partial charge in [-0.05, 0) is 56.0 Å². The van der Waals surface area contributed by atoms with E-state index in [0.717, 1.165) is 43.6 Å². The van der Waals surface area contributed by atoms with Gasteiger partial charge in [0, 0.05) is 25.2 Å². The third-order valence-electron chi connectivity index (χ3n) is 5.36. The number of carbonyl (C=O) groups is 2. The first-order chi connectivity index (χ1) is 14.5. The number of nitrogens with one attached hydrogen (secondary N) is 1. The van der Waals surface area contributed by atoms with Gasteiger partial charge in [0.2, 0.25) is 0 Å². The van der Waals surface area contributed by atoms with Gasteiger partial charge in [0.05, 0.1) is 7.11 Å². The molecular formula is C24H30N2O4. The molecule has 0 saturated carbocycles. The summed E-state index contributed by atoms with van der Waals surface area (Å²) in [4.78, 5) is 26.2. The minimum Gasteiger partial charge on any atom is -0.493 e. The maximum Gasteiger partial charge on any atom is 0.257 e. The first-order valence-electron chi connectivity index (χ1n) is 10.4. The largest absolute Gasteiger partial charge is 0.493 e. The second-order valence-electron chi connectivity index (χ2n) is 7.74. The summed E-state index contributed by atoms with van der Waals surface area (Å²) in [5.41, 5.74) is 1.90. The zero-order chi connectivity index (χ0) is 21.3. The number of hydrogen-bond acceptors (Lipinski definition) is 5. The Morgan fingerprint density at radius 2 is 1.93 bits per heavy atom. The maximum absolute atomic E-state index is 12.2. The summed E-state index contributed by atoms with van der Waals surface area (Å²) in [6.45, 7) is 4.98. The number of hydrogen-bond donors (Lipinski definition) is 1. The Hall–Kier alpha value is -2.86. The Morgan fingerprint density at radius 3 is 2.70 bits per heavy atom. The number of ether oxygens (including phenoxy) is 2. The molecule has 2 aromatic carbocycles. The van der Waals surface area contributed by atoms with Crippen molar-refractivity contribution >= 4 is 11.7 Å². The van der Waals surface area contributed by atoms with Gasteiger partial charge in [0.1, 0.15) is 0 Å². The second-order valence-corrected chi connectivity index (χ2v) is 7.74. The molecule has 2 aromatic rings. The quantitative estimate of drug-likeness (QED) is 0.643. The molecule has 0 radical (unpaired) electrons. The number of para-hydroxylation sites is 2. The first kappa shape index (κ1) is 21.8. The van der Waals surface area contributed by atoms with Crippen LogP contribution in [0.4, 0.5) is 0 Å². The molecule has 1 atom stereocenters. The summed E-state index contributed by atoms with van der Waals surface area (Å²) in [6, 6.07) is 15.1. The number of carbonyl (C=O) groups excluding carboxylic acids is 2. The van der Waals surface area contributed by atoms with E-state index < -0.39 is 0 Å². The molecule has 1 aliphatic rings. The Balaban J connectivity index is 1.44. The lowest BCUT2D eigenvalue weighted by atomic mass is 9.97. The van der Waals surface area contributed by atoms with Crippen LogP contribution >= 0.6 is 0 Å². The fraction of sp³-hybridized carbons (Fsp3) is 0.417. The van der Waals surface area contributed by atoms with Crippen molar-refractivity contribution in [3.8, 4) is 11.5 Å². The van der Waals surface area contributed by atoms with Crippen LogP contribution in [-0.2, 0) is 11.3 Å². The van der Waals surface area contributed by atoms with Gasteiger partial charge in [0.15, 0.2) is 23.9 Å². The molecule has 0 aliphatic carbocycles. The molecule has 1 N–H and O–H groups in total. The van der Waals surface area contributed by atoms with Gasteiger partial charge in [-0.2, -0.15) is 0 Å². The van der Waals surface area contributed by atoms with E-state index in [1.807, 2.05) is 30.3 Å². The van der Waals surface area contributed by atoms with Gasteiger partial charge in [-0.25, -0.2) is 0 Å². The lowest BCUT2D eigenvalue weighted by Crippen LogP contribution is -2.41. The minimum atomic E-state index is -0.132. The van der Waals surface area contributed by atoms with Gasteiger partial charge in [0.25, 0.3) is 5.91 Å². The maximum atomic E-state index is 12.2. The second kappa shape index (κ2) is 10.8. The van der Waals surface area contributed by atoms with Crippen LogP contribution in [-0.4, -0.2) is 49.9 Å². The SMILES string of the molecule is COc1ccccc1OCC(=O)NCC1CCCN(Cc2cccc(C(C)=O)c2)C1. The molecule has 3 rings (SSSR count). The van der Waals surface area contributed by atoms with Gasteiger partial charge >= 0.3 is 0 Å². The van der Waals surface area contributed by atoms with E-state index in [-0.39, 0.29) is 18.3 Å². The molecule has 1 unspecified atom stereocenters. The molecule has 160 valence electrons. The average molecular weight is 411 g/mol. The van der Waals surface area contributed by atoms with Crippen molar-refractivity contribution in [1.29, 1.82) is 0 Å². The normalized spacial score (nSPS) is 16.7. The highest BCUT2D eigenvalue weighted by molar-refractivity contribution is 5.94. The highest BCUT2D eigenvalue weighted by Crippen LogP contribution is 2.25. The van der Waals surface area contributed by atoms with Gasteiger partial charge < -0.3 is 14.8 Å². The van der Waals surface area contributed by atoms with Crippen LogP contribution < -0.4 is 14.8 Å². The number of nitrogens with zero attached hydrogens (tertiary/aromatic N) is 1. The summed E-state index contributed by atoms with van der Waals surface area (Å²) in [5.74, 6) is 1.54. The van der Waals surface area contributed by atoms with Crippen LogP contribution in [0, 0.1) is 5.92 Å². The van der Waals surface area contributed by atoms with Crippen molar-refractivity contribution in [3.05, 3.63) is 59.7 Å². The van der Waals surface area contributed by atoms with Crippen LogP contribution in [0.2, 0.25) is 0 Å². The predicted molar refractivity (Wildman–Crippen MR) is 116 cm³/mol. The van der Waals surface area contributed by atoms with Crippen molar-refractivity contribution < 1.29 is 19.1 Å². The van der Waals surface area contributed by atoms with Crippen molar-refractivity contribution in [1.82, 2.24) is 10.2 Å². The van der Waals surface area contributed by atoms with E-state index >= 15 is 0 Å². The number of rotatable bonds is 9. The highest BCUT2D eigenvalue weighted by Gasteiger charge is 2.21. The molecule has 1 saturated heterocycles. The first-order valence-corrected chi connectivity index (χ1v) is 10.4. The molecular weight excluding hydrogens is 380 g/mol. The fourth-order valence-electron chi connectivity index (χ4n) is 3.80. The zero-order valence-electron chi connectivity index (χ0n) is 17.7. The molecule has 0 aromatic heterocycles. The monoisotopic (exact) mass is 410 g/mol. The van der Waals surface area contributed by atoms with Crippen LogP contribution in [0.25, 0.3) is 0 Å². The van der Waals surface area contributed by atoms with E-state index in [4.69, 9.17) is 9.47 Å². The predicted octanol–water partition coefficient (Wildman–Crippen LogP) is 3.31. The van der Waals surface area contributed by atoms with Crippen LogP contribution in [0.1, 0.15) is 35.7 Å². The van der Waals surface area contributed by atoms with E-state index in [0.29, 0.717) is 24.0 Å². The molecule has 1 aliphatic heterocycles. The molecule has 6 heteroatoms. The number of benzene rings is 2. The number of amides is 1. The van der Waals surface area contributed by atoms with Crippen molar-refractivity contribution in [2.24, 2.45) is 5.92 Å². The Bertz CT molecular complexity index is 868. The van der Waals surface area contributed by atoms with E-state index in [9.17, 15) is 9.59 Å². The summed E-state index contributed by atoms with van der Waals surface area (Å²) in [6.07, 6.45) is 2.20. The van der Waals surface area contributed by atoms with Gasteiger partial charge in [-0.1, -0.05) is 30.3 Å². The zero-order valence-corrected chi connectivity index (χ0v) is 17.7. The van der Waals surface area contributed by atoms with Crippen molar-refractivity contribution in [3.63, 3.8) is 0 Å². The topological polar surface area (TPSA) is 67.9 Å². The molecule has 0 bridgehead atoms. The number of Topliss-reactive ketones (excluding diaryl/α,β-unsaturated/α-hetero) is 1.